The smallest absolute Gasteiger partial charge is 0.224 e. The maximum absolute atomic E-state index is 11.9. The monoisotopic (exact) mass is 333 g/mol. The van der Waals surface area contributed by atoms with Crippen molar-refractivity contribution < 1.29 is 15.0 Å². The molecule has 0 radical (unpaired) electrons. The van der Waals surface area contributed by atoms with Gasteiger partial charge in [0.2, 0.25) is 5.91 Å². The Hall–Kier alpha value is -0.870. The van der Waals surface area contributed by atoms with Gasteiger partial charge in [0.25, 0.3) is 0 Å². The third kappa shape index (κ3) is 2.08. The van der Waals surface area contributed by atoms with E-state index in [1.807, 2.05) is 0 Å². The highest BCUT2D eigenvalue weighted by molar-refractivity contribution is 5.82. The third-order valence-corrected chi connectivity index (χ3v) is 8.16. The van der Waals surface area contributed by atoms with E-state index in [4.69, 9.17) is 0 Å². The van der Waals surface area contributed by atoms with Crippen molar-refractivity contribution in [2.45, 2.75) is 59.0 Å². The molecular weight excluding hydrogens is 302 g/mol. The zero-order valence-electron chi connectivity index (χ0n) is 15.1. The van der Waals surface area contributed by atoms with Crippen LogP contribution in [-0.2, 0) is 4.79 Å². The topological polar surface area (TPSA) is 69.6 Å². The summed E-state index contributed by atoms with van der Waals surface area (Å²) in [7, 11) is 0. The third-order valence-electron chi connectivity index (χ3n) is 8.16. The number of rotatable bonds is 1. The highest BCUT2D eigenvalue weighted by atomic mass is 16.3. The van der Waals surface area contributed by atoms with Crippen LogP contribution < -0.4 is 5.32 Å². The van der Waals surface area contributed by atoms with E-state index in [0.29, 0.717) is 30.1 Å². The molecule has 0 spiro atoms. The SMILES string of the molecule is C[C@@H]1[C@@H]2C[C@@H](O)[C@H]3[C@](C)(CO)CCC[C@]3(C)[C@H]2C=C2NC(=O)C[C@@H]21. The molecule has 0 aromatic heterocycles. The molecule has 1 heterocycles. The zero-order valence-corrected chi connectivity index (χ0v) is 15.1. The predicted octanol–water partition coefficient (Wildman–Crippen LogP) is 2.46. The highest BCUT2D eigenvalue weighted by Gasteiger charge is 2.61. The average Bonchev–Trinajstić information content (AvgIpc) is 2.90. The van der Waals surface area contributed by atoms with Crippen LogP contribution in [0.25, 0.3) is 0 Å². The molecule has 0 bridgehead atoms. The Bertz CT molecular complexity index is 587. The summed E-state index contributed by atoms with van der Waals surface area (Å²) in [5.74, 6) is 1.81. The van der Waals surface area contributed by atoms with Crippen molar-refractivity contribution in [3.8, 4) is 0 Å². The van der Waals surface area contributed by atoms with Gasteiger partial charge in [-0.3, -0.25) is 4.79 Å². The van der Waals surface area contributed by atoms with E-state index in [1.165, 1.54) is 0 Å². The Kier molecular flexibility index (Phi) is 3.67. The molecule has 4 rings (SSSR count). The van der Waals surface area contributed by atoms with Crippen molar-refractivity contribution >= 4 is 5.91 Å². The lowest BCUT2D eigenvalue weighted by Gasteiger charge is -2.62. The number of hydrogen-bond acceptors (Lipinski definition) is 3. The molecule has 2 saturated carbocycles. The molecule has 0 aromatic carbocycles. The summed E-state index contributed by atoms with van der Waals surface area (Å²) in [4.78, 5) is 11.9. The summed E-state index contributed by atoms with van der Waals surface area (Å²) >= 11 is 0. The van der Waals surface area contributed by atoms with E-state index >= 15 is 0 Å². The first-order chi connectivity index (χ1) is 11.3. The van der Waals surface area contributed by atoms with Gasteiger partial charge in [0.1, 0.15) is 0 Å². The van der Waals surface area contributed by atoms with Crippen molar-refractivity contribution in [1.82, 2.24) is 5.32 Å². The lowest BCUT2D eigenvalue weighted by atomic mass is 9.43. The van der Waals surface area contributed by atoms with E-state index < -0.39 is 0 Å². The van der Waals surface area contributed by atoms with Gasteiger partial charge in [-0.1, -0.05) is 33.3 Å². The maximum Gasteiger partial charge on any atom is 0.224 e. The fraction of sp³-hybridized carbons (Fsp3) is 0.850. The lowest BCUT2D eigenvalue weighted by molar-refractivity contribution is -0.175. The molecule has 8 atom stereocenters. The Morgan fingerprint density at radius 2 is 2.08 bits per heavy atom. The average molecular weight is 333 g/mol. The first-order valence-corrected chi connectivity index (χ1v) is 9.60. The fourth-order valence-corrected chi connectivity index (χ4v) is 7.08. The molecule has 134 valence electrons. The van der Waals surface area contributed by atoms with Crippen molar-refractivity contribution in [2.24, 2.45) is 40.4 Å². The lowest BCUT2D eigenvalue weighted by Crippen LogP contribution is -2.60. The maximum atomic E-state index is 11.9. The molecule has 4 heteroatoms. The van der Waals surface area contributed by atoms with Crippen LogP contribution in [0.15, 0.2) is 11.8 Å². The summed E-state index contributed by atoms with van der Waals surface area (Å²) in [6.07, 6.45) is 6.58. The van der Waals surface area contributed by atoms with Crippen LogP contribution in [0.1, 0.15) is 52.9 Å². The van der Waals surface area contributed by atoms with E-state index in [9.17, 15) is 15.0 Å². The quantitative estimate of drug-likeness (QED) is 0.690. The number of hydrogen-bond donors (Lipinski definition) is 3. The Balaban J connectivity index is 1.78. The Morgan fingerprint density at radius 3 is 2.79 bits per heavy atom. The molecular formula is C20H31NO3. The molecule has 1 aliphatic heterocycles. The van der Waals surface area contributed by atoms with Crippen molar-refractivity contribution in [3.63, 3.8) is 0 Å². The van der Waals surface area contributed by atoms with Crippen LogP contribution >= 0.6 is 0 Å². The van der Waals surface area contributed by atoms with Gasteiger partial charge >= 0.3 is 0 Å². The van der Waals surface area contributed by atoms with Gasteiger partial charge in [0.05, 0.1) is 6.10 Å². The minimum absolute atomic E-state index is 0.00237. The van der Waals surface area contributed by atoms with E-state index in [0.717, 1.165) is 31.4 Å². The van der Waals surface area contributed by atoms with Gasteiger partial charge in [-0.2, -0.15) is 0 Å². The van der Waals surface area contributed by atoms with Gasteiger partial charge in [-0.05, 0) is 53.8 Å². The number of allylic oxidation sites excluding steroid dienone is 2. The first-order valence-electron chi connectivity index (χ1n) is 9.60. The number of fused-ring (bicyclic) bond motifs is 4. The molecule has 4 aliphatic rings. The molecule has 24 heavy (non-hydrogen) atoms. The van der Waals surface area contributed by atoms with Crippen molar-refractivity contribution in [2.75, 3.05) is 6.61 Å². The standard InChI is InChI=1S/C20H31NO3/c1-11-12-7-16(23)18-19(2,10-22)5-4-6-20(18,3)14(12)9-15-13(11)8-17(24)21-15/h9,11-14,16,18,22-23H,4-8,10H2,1-3H3,(H,21,24)/t11-,12+,13-,14+,16-,18+,19+,20-/m1/s1. The summed E-state index contributed by atoms with van der Waals surface area (Å²) in [5.41, 5.74) is 0.924. The van der Waals surface area contributed by atoms with Crippen LogP contribution in [0.2, 0.25) is 0 Å². The zero-order chi connectivity index (χ0) is 17.3. The van der Waals surface area contributed by atoms with Gasteiger partial charge in [-0.25, -0.2) is 0 Å². The molecule has 4 nitrogen and oxygen atoms in total. The summed E-state index contributed by atoms with van der Waals surface area (Å²) in [6.45, 7) is 6.89. The van der Waals surface area contributed by atoms with Gasteiger partial charge in [-0.15, -0.1) is 0 Å². The normalized spacial score (nSPS) is 53.5. The molecule has 1 amide bonds. The first kappa shape index (κ1) is 16.6. The molecule has 0 aromatic rings. The second-order valence-electron chi connectivity index (χ2n) is 9.48. The van der Waals surface area contributed by atoms with Crippen LogP contribution in [0.5, 0.6) is 0 Å². The summed E-state index contributed by atoms with van der Waals surface area (Å²) in [6, 6.07) is 0. The molecule has 1 saturated heterocycles. The molecule has 3 fully saturated rings. The van der Waals surface area contributed by atoms with Crippen molar-refractivity contribution in [1.29, 1.82) is 0 Å². The number of aliphatic hydroxyl groups excluding tert-OH is 2. The second-order valence-corrected chi connectivity index (χ2v) is 9.48. The van der Waals surface area contributed by atoms with Crippen LogP contribution in [-0.4, -0.2) is 28.8 Å². The van der Waals surface area contributed by atoms with Crippen LogP contribution in [0.3, 0.4) is 0 Å². The number of amides is 1. The number of carbonyl (C=O) groups is 1. The Labute approximate surface area is 144 Å². The van der Waals surface area contributed by atoms with Gasteiger partial charge in [0.15, 0.2) is 0 Å². The van der Waals surface area contributed by atoms with Crippen LogP contribution in [0, 0.1) is 40.4 Å². The van der Waals surface area contributed by atoms with Gasteiger partial charge in [0, 0.05) is 24.6 Å². The predicted molar refractivity (Wildman–Crippen MR) is 91.7 cm³/mol. The van der Waals surface area contributed by atoms with E-state index in [1.54, 1.807) is 0 Å². The molecule has 3 aliphatic carbocycles. The Morgan fingerprint density at radius 1 is 1.33 bits per heavy atom. The number of carbonyl (C=O) groups excluding carboxylic acids is 1. The van der Waals surface area contributed by atoms with Crippen molar-refractivity contribution in [3.05, 3.63) is 11.8 Å². The fourth-order valence-electron chi connectivity index (χ4n) is 7.08. The summed E-state index contributed by atoms with van der Waals surface area (Å²) < 4.78 is 0. The summed E-state index contributed by atoms with van der Waals surface area (Å²) in [5, 5.41) is 24.2. The van der Waals surface area contributed by atoms with E-state index in [-0.39, 0.29) is 35.4 Å². The highest BCUT2D eigenvalue weighted by Crippen LogP contribution is 2.64. The molecule has 0 unspecified atom stereocenters. The second kappa shape index (κ2) is 5.31. The van der Waals surface area contributed by atoms with Gasteiger partial charge < -0.3 is 15.5 Å². The molecule has 3 N–H and O–H groups in total. The van der Waals surface area contributed by atoms with Crippen LogP contribution in [0.4, 0.5) is 0 Å². The minimum atomic E-state index is -0.351. The number of nitrogens with one attached hydrogen (secondary N) is 1. The largest absolute Gasteiger partial charge is 0.396 e. The van der Waals surface area contributed by atoms with E-state index in [2.05, 4.69) is 32.2 Å². The minimum Gasteiger partial charge on any atom is -0.396 e. The number of aliphatic hydroxyl groups is 2.